The lowest BCUT2D eigenvalue weighted by Gasteiger charge is -2.01. The highest BCUT2D eigenvalue weighted by molar-refractivity contribution is 7.14. The van der Waals surface area contributed by atoms with Gasteiger partial charge in [0.2, 0.25) is 5.91 Å². The maximum Gasteiger partial charge on any atom is 0.243 e. The molecule has 0 unspecified atom stereocenters. The third-order valence-electron chi connectivity index (χ3n) is 4.06. The van der Waals surface area contributed by atoms with Gasteiger partial charge in [0.05, 0.1) is 10.6 Å². The molecule has 1 fully saturated rings. The monoisotopic (exact) mass is 312 g/mol. The van der Waals surface area contributed by atoms with Crippen LogP contribution in [0.1, 0.15) is 41.5 Å². The normalized spacial score (nSPS) is 20.7. The molecule has 1 aliphatic carbocycles. The molecule has 1 saturated carbocycles. The number of aryl methyl sites for hydroxylation is 1. The number of rotatable bonds is 5. The van der Waals surface area contributed by atoms with Gasteiger partial charge in [0.25, 0.3) is 0 Å². The van der Waals surface area contributed by atoms with E-state index < -0.39 is 0 Å². The van der Waals surface area contributed by atoms with Crippen LogP contribution in [0.4, 0.5) is 0 Å². The summed E-state index contributed by atoms with van der Waals surface area (Å²) in [6.07, 6.45) is 1.95. The first-order valence-electron chi connectivity index (χ1n) is 7.67. The zero-order valence-electron chi connectivity index (χ0n) is 12.9. The molecule has 4 heteroatoms. The van der Waals surface area contributed by atoms with E-state index in [0.717, 1.165) is 23.4 Å². The third kappa shape index (κ3) is 3.28. The first-order chi connectivity index (χ1) is 10.7. The smallest absolute Gasteiger partial charge is 0.243 e. The second kappa shape index (κ2) is 6.44. The first-order valence-corrected chi connectivity index (χ1v) is 8.49. The van der Waals surface area contributed by atoms with Crippen LogP contribution < -0.4 is 5.43 Å². The lowest BCUT2D eigenvalue weighted by Crippen LogP contribution is -2.21. The van der Waals surface area contributed by atoms with Crippen LogP contribution in [0.2, 0.25) is 0 Å². The zero-order chi connectivity index (χ0) is 15.5. The van der Waals surface area contributed by atoms with Gasteiger partial charge in [-0.15, -0.1) is 11.3 Å². The highest BCUT2D eigenvalue weighted by Crippen LogP contribution is 2.47. The molecular formula is C18H20N2OS. The van der Waals surface area contributed by atoms with E-state index in [4.69, 9.17) is 0 Å². The lowest BCUT2D eigenvalue weighted by molar-refractivity contribution is -0.122. The van der Waals surface area contributed by atoms with Gasteiger partial charge in [-0.3, -0.25) is 4.79 Å². The lowest BCUT2D eigenvalue weighted by atomic mass is 10.1. The largest absolute Gasteiger partial charge is 0.273 e. The average Bonchev–Trinajstić information content (AvgIpc) is 3.22. The maximum absolute atomic E-state index is 12.2. The molecule has 1 aromatic heterocycles. The molecule has 1 aromatic carbocycles. The quantitative estimate of drug-likeness (QED) is 0.659. The Morgan fingerprint density at radius 2 is 2.05 bits per heavy atom. The van der Waals surface area contributed by atoms with E-state index in [2.05, 4.69) is 41.7 Å². The molecule has 3 rings (SSSR count). The summed E-state index contributed by atoms with van der Waals surface area (Å²) in [7, 11) is 0. The molecule has 0 aliphatic heterocycles. The van der Waals surface area contributed by atoms with Crippen molar-refractivity contribution in [3.05, 3.63) is 57.8 Å². The Morgan fingerprint density at radius 3 is 2.73 bits per heavy atom. The van der Waals surface area contributed by atoms with Crippen LogP contribution >= 0.6 is 11.3 Å². The van der Waals surface area contributed by atoms with Gasteiger partial charge >= 0.3 is 0 Å². The summed E-state index contributed by atoms with van der Waals surface area (Å²) in [5, 5.41) is 4.26. The SMILES string of the molecule is CCc1ccc(/C(C)=N\NC(=O)[C@@H]2C[C@@H]2c2ccccc2)s1. The minimum atomic E-state index is 0.0282. The summed E-state index contributed by atoms with van der Waals surface area (Å²) in [6, 6.07) is 14.4. The molecule has 0 bridgehead atoms. The van der Waals surface area contributed by atoms with E-state index in [9.17, 15) is 4.79 Å². The van der Waals surface area contributed by atoms with Gasteiger partial charge < -0.3 is 0 Å². The van der Waals surface area contributed by atoms with Crippen molar-refractivity contribution in [3.63, 3.8) is 0 Å². The second-order valence-electron chi connectivity index (χ2n) is 5.65. The predicted octanol–water partition coefficient (Wildman–Crippen LogP) is 3.95. The van der Waals surface area contributed by atoms with Crippen LogP contribution in [0.25, 0.3) is 0 Å². The van der Waals surface area contributed by atoms with Gasteiger partial charge in [-0.1, -0.05) is 37.3 Å². The molecule has 2 atom stereocenters. The highest BCUT2D eigenvalue weighted by atomic mass is 32.1. The van der Waals surface area contributed by atoms with Crippen LogP contribution in [-0.2, 0) is 11.2 Å². The maximum atomic E-state index is 12.2. The molecule has 1 aliphatic rings. The van der Waals surface area contributed by atoms with Crippen LogP contribution in [0.3, 0.4) is 0 Å². The van der Waals surface area contributed by atoms with E-state index >= 15 is 0 Å². The molecular weight excluding hydrogens is 292 g/mol. The molecule has 1 amide bonds. The summed E-state index contributed by atoms with van der Waals surface area (Å²) < 4.78 is 0. The van der Waals surface area contributed by atoms with Gasteiger partial charge in [-0.05, 0) is 43.4 Å². The second-order valence-corrected chi connectivity index (χ2v) is 6.82. The van der Waals surface area contributed by atoms with E-state index in [1.807, 2.05) is 25.1 Å². The number of benzene rings is 1. The Balaban J connectivity index is 1.58. The number of amides is 1. The standard InChI is InChI=1S/C18H20N2OS/c1-3-14-9-10-17(22-14)12(2)19-20-18(21)16-11-15(16)13-7-5-4-6-8-13/h4-10,15-16H,3,11H2,1-2H3,(H,20,21)/b19-12-/t15-,16-/m1/s1. The summed E-state index contributed by atoms with van der Waals surface area (Å²) >= 11 is 1.73. The predicted molar refractivity (Wildman–Crippen MR) is 91.3 cm³/mol. The Labute approximate surface area is 135 Å². The molecule has 1 N–H and O–H groups in total. The molecule has 2 aromatic rings. The topological polar surface area (TPSA) is 41.5 Å². The van der Waals surface area contributed by atoms with E-state index in [1.165, 1.54) is 10.4 Å². The fourth-order valence-electron chi connectivity index (χ4n) is 2.59. The van der Waals surface area contributed by atoms with E-state index in [1.54, 1.807) is 11.3 Å². The number of hydrazone groups is 1. The summed E-state index contributed by atoms with van der Waals surface area (Å²) in [5.74, 6) is 0.444. The van der Waals surface area contributed by atoms with Crippen molar-refractivity contribution in [2.24, 2.45) is 11.0 Å². The zero-order valence-corrected chi connectivity index (χ0v) is 13.7. The number of nitrogens with one attached hydrogen (secondary N) is 1. The van der Waals surface area contributed by atoms with Gasteiger partial charge in [-0.25, -0.2) is 5.43 Å². The number of hydrogen-bond donors (Lipinski definition) is 1. The molecule has 1 heterocycles. The number of thiophene rings is 1. The molecule has 0 radical (unpaired) electrons. The van der Waals surface area contributed by atoms with Crippen LogP contribution in [0, 0.1) is 5.92 Å². The fourth-order valence-corrected chi connectivity index (χ4v) is 3.49. The van der Waals surface area contributed by atoms with Crippen LogP contribution in [0.15, 0.2) is 47.6 Å². The van der Waals surface area contributed by atoms with E-state index in [0.29, 0.717) is 5.92 Å². The van der Waals surface area contributed by atoms with Crippen molar-refractivity contribution in [1.82, 2.24) is 5.43 Å². The van der Waals surface area contributed by atoms with Crippen molar-refractivity contribution in [2.45, 2.75) is 32.6 Å². The van der Waals surface area contributed by atoms with Crippen LogP contribution in [0.5, 0.6) is 0 Å². The summed E-state index contributed by atoms with van der Waals surface area (Å²) in [4.78, 5) is 14.6. The number of carbonyl (C=O) groups is 1. The molecule has 0 saturated heterocycles. The summed E-state index contributed by atoms with van der Waals surface area (Å²) in [6.45, 7) is 4.08. The minimum Gasteiger partial charge on any atom is -0.273 e. The number of carbonyl (C=O) groups excluding carboxylic acids is 1. The van der Waals surface area contributed by atoms with E-state index in [-0.39, 0.29) is 11.8 Å². The molecule has 114 valence electrons. The highest BCUT2D eigenvalue weighted by Gasteiger charge is 2.43. The van der Waals surface area contributed by atoms with Crippen molar-refractivity contribution in [2.75, 3.05) is 0 Å². The Morgan fingerprint density at radius 1 is 1.27 bits per heavy atom. The number of nitrogens with zero attached hydrogens (tertiary/aromatic N) is 1. The first kappa shape index (κ1) is 15.0. The van der Waals surface area contributed by atoms with Gasteiger partial charge in [0.1, 0.15) is 0 Å². The molecule has 22 heavy (non-hydrogen) atoms. The van der Waals surface area contributed by atoms with Crippen molar-refractivity contribution >= 4 is 23.0 Å². The molecule has 3 nitrogen and oxygen atoms in total. The van der Waals surface area contributed by atoms with Gasteiger partial charge in [-0.2, -0.15) is 5.10 Å². The fraction of sp³-hybridized carbons (Fsp3) is 0.333. The van der Waals surface area contributed by atoms with Crippen LogP contribution in [-0.4, -0.2) is 11.6 Å². The summed E-state index contributed by atoms with van der Waals surface area (Å²) in [5.41, 5.74) is 4.84. The Hall–Kier alpha value is -1.94. The Kier molecular flexibility index (Phi) is 4.39. The van der Waals surface area contributed by atoms with Crippen molar-refractivity contribution < 1.29 is 4.79 Å². The van der Waals surface area contributed by atoms with Gasteiger partial charge in [0, 0.05) is 10.8 Å². The number of hydrogen-bond acceptors (Lipinski definition) is 3. The minimum absolute atomic E-state index is 0.0282. The molecule has 0 spiro atoms. The van der Waals surface area contributed by atoms with Gasteiger partial charge in [0.15, 0.2) is 0 Å². The average molecular weight is 312 g/mol. The Bertz CT molecular complexity index is 690. The van der Waals surface area contributed by atoms with Crippen molar-refractivity contribution in [3.8, 4) is 0 Å². The van der Waals surface area contributed by atoms with Crippen molar-refractivity contribution in [1.29, 1.82) is 0 Å². The third-order valence-corrected chi connectivity index (χ3v) is 5.39.